The van der Waals surface area contributed by atoms with Crippen LogP contribution in [0.4, 0.5) is 5.13 Å². The molecule has 0 spiro atoms. The maximum atomic E-state index is 12.5. The molecule has 0 aromatic carbocycles. The van der Waals surface area contributed by atoms with Gasteiger partial charge >= 0.3 is 0 Å². The minimum absolute atomic E-state index is 0.101. The third-order valence-corrected chi connectivity index (χ3v) is 5.77. The molecule has 0 amide bonds. The fourth-order valence-corrected chi connectivity index (χ4v) is 4.95. The van der Waals surface area contributed by atoms with E-state index in [0.29, 0.717) is 11.2 Å². The Morgan fingerprint density at radius 2 is 2.13 bits per heavy atom. The van der Waals surface area contributed by atoms with Gasteiger partial charge in [-0.25, -0.2) is 9.97 Å². The average molecular weight is 342 g/mol. The van der Waals surface area contributed by atoms with Crippen LogP contribution in [0.25, 0.3) is 30.6 Å². The Bertz CT molecular complexity index is 1140. The molecule has 4 aromatic rings. The van der Waals surface area contributed by atoms with Gasteiger partial charge in [0.1, 0.15) is 15.0 Å². The topological polar surface area (TPSA) is 70.7 Å². The molecule has 0 unspecified atom stereocenters. The Hall–Kier alpha value is -2.25. The second kappa shape index (κ2) is 5.14. The first kappa shape index (κ1) is 14.3. The van der Waals surface area contributed by atoms with Crippen molar-refractivity contribution in [1.82, 2.24) is 15.0 Å². The second-order valence-corrected chi connectivity index (χ2v) is 7.39. The third-order valence-electron chi connectivity index (χ3n) is 3.67. The van der Waals surface area contributed by atoms with Crippen LogP contribution in [0.15, 0.2) is 23.5 Å². The van der Waals surface area contributed by atoms with Gasteiger partial charge in [-0.2, -0.15) is 0 Å². The number of hydrogen-bond donors (Lipinski definition) is 2. The molecule has 0 saturated heterocycles. The van der Waals surface area contributed by atoms with Gasteiger partial charge in [-0.05, 0) is 25.5 Å². The van der Waals surface area contributed by atoms with Crippen LogP contribution < -0.4 is 10.9 Å². The summed E-state index contributed by atoms with van der Waals surface area (Å²) < 4.78 is 1.63. The third kappa shape index (κ3) is 2.15. The zero-order chi connectivity index (χ0) is 16.1. The molecule has 4 rings (SSSR count). The Balaban J connectivity index is 2.12. The number of hydrogen-bond acceptors (Lipinski definition) is 6. The summed E-state index contributed by atoms with van der Waals surface area (Å²) in [4.78, 5) is 25.6. The van der Waals surface area contributed by atoms with Gasteiger partial charge in [0.25, 0.3) is 5.56 Å². The zero-order valence-electron chi connectivity index (χ0n) is 12.7. The maximum absolute atomic E-state index is 12.5. The molecular formula is C16H14N4OS2. The van der Waals surface area contributed by atoms with Gasteiger partial charge in [0.2, 0.25) is 0 Å². The predicted octanol–water partition coefficient (Wildman–Crippen LogP) is 3.96. The summed E-state index contributed by atoms with van der Waals surface area (Å²) in [6.07, 6.45) is 1.77. The van der Waals surface area contributed by atoms with Gasteiger partial charge in [-0.3, -0.25) is 4.79 Å². The van der Waals surface area contributed by atoms with E-state index in [-0.39, 0.29) is 5.56 Å². The number of fused-ring (bicyclic) bond motifs is 5. The van der Waals surface area contributed by atoms with Crippen LogP contribution in [-0.2, 0) is 0 Å². The summed E-state index contributed by atoms with van der Waals surface area (Å²) in [5.41, 5.74) is 3.59. The van der Waals surface area contributed by atoms with Crippen LogP contribution in [0.1, 0.15) is 11.3 Å². The Morgan fingerprint density at radius 3 is 2.91 bits per heavy atom. The highest BCUT2D eigenvalue weighted by molar-refractivity contribution is 7.27. The largest absolute Gasteiger partial charge is 0.358 e. The first-order chi connectivity index (χ1) is 11.1. The molecule has 2 N–H and O–H groups in total. The van der Waals surface area contributed by atoms with Crippen LogP contribution in [0.3, 0.4) is 0 Å². The summed E-state index contributed by atoms with van der Waals surface area (Å²) in [5, 5.41) is 4.90. The van der Waals surface area contributed by atoms with Crippen molar-refractivity contribution < 1.29 is 0 Å². The monoisotopic (exact) mass is 342 g/mol. The first-order valence-electron chi connectivity index (χ1n) is 7.16. The molecule has 0 aliphatic carbocycles. The minimum atomic E-state index is -0.101. The molecule has 4 aromatic heterocycles. The fraction of sp³-hybridized carbons (Fsp3) is 0.188. The molecule has 4 heterocycles. The van der Waals surface area contributed by atoms with Crippen molar-refractivity contribution in [3.8, 4) is 0 Å². The van der Waals surface area contributed by atoms with Crippen molar-refractivity contribution in [3.63, 3.8) is 0 Å². The van der Waals surface area contributed by atoms with Crippen molar-refractivity contribution in [2.45, 2.75) is 13.8 Å². The van der Waals surface area contributed by atoms with Gasteiger partial charge in [0.15, 0.2) is 5.13 Å². The van der Waals surface area contributed by atoms with Gasteiger partial charge in [0, 0.05) is 17.6 Å². The summed E-state index contributed by atoms with van der Waals surface area (Å²) in [7, 11) is 0. The minimum Gasteiger partial charge on any atom is -0.358 e. The summed E-state index contributed by atoms with van der Waals surface area (Å²) in [5.74, 6) is 0. The smallest absolute Gasteiger partial charge is 0.268 e. The number of anilines is 1. The molecule has 0 bridgehead atoms. The molecule has 0 radical (unpaired) electrons. The van der Waals surface area contributed by atoms with Crippen molar-refractivity contribution in [2.75, 3.05) is 11.9 Å². The molecule has 0 atom stereocenters. The van der Waals surface area contributed by atoms with Crippen LogP contribution >= 0.6 is 22.7 Å². The standard InChI is InChI=1S/C16H14N4OS2/c1-4-5-17-16-20-11-12-10(19-14(21)13(11)23-16)9-7(2)6-8(3)18-15(9)22-12/h4,6H,1,5H2,2-3H3,(H,17,20)(H,19,21). The number of nitrogens with one attached hydrogen (secondary N) is 2. The Labute approximate surface area is 139 Å². The van der Waals surface area contributed by atoms with Crippen molar-refractivity contribution >= 4 is 58.5 Å². The molecule has 7 heteroatoms. The lowest BCUT2D eigenvalue weighted by atomic mass is 10.1. The molecular weight excluding hydrogens is 328 g/mol. The predicted molar refractivity (Wildman–Crippen MR) is 99.1 cm³/mol. The lowest BCUT2D eigenvalue weighted by molar-refractivity contribution is 1.25. The van der Waals surface area contributed by atoms with Crippen molar-refractivity contribution in [3.05, 3.63) is 40.3 Å². The van der Waals surface area contributed by atoms with E-state index >= 15 is 0 Å². The highest BCUT2D eigenvalue weighted by atomic mass is 32.1. The lowest BCUT2D eigenvalue weighted by Gasteiger charge is -1.98. The molecule has 0 aliphatic rings. The van der Waals surface area contributed by atoms with Crippen LogP contribution in [0, 0.1) is 13.8 Å². The number of thiophene rings is 1. The fourth-order valence-electron chi connectivity index (χ4n) is 2.76. The molecule has 0 aliphatic heterocycles. The number of pyridine rings is 2. The van der Waals surface area contributed by atoms with E-state index in [4.69, 9.17) is 0 Å². The molecule has 23 heavy (non-hydrogen) atoms. The summed E-state index contributed by atoms with van der Waals surface area (Å²) in [6.45, 7) is 8.33. The van der Waals surface area contributed by atoms with Crippen molar-refractivity contribution in [2.24, 2.45) is 0 Å². The van der Waals surface area contributed by atoms with Crippen molar-refractivity contribution in [1.29, 1.82) is 0 Å². The number of rotatable bonds is 3. The van der Waals surface area contributed by atoms with E-state index in [2.05, 4.69) is 26.8 Å². The highest BCUT2D eigenvalue weighted by Crippen LogP contribution is 2.38. The van der Waals surface area contributed by atoms with Crippen LogP contribution in [0.2, 0.25) is 0 Å². The van der Waals surface area contributed by atoms with Crippen LogP contribution in [-0.4, -0.2) is 21.5 Å². The van der Waals surface area contributed by atoms with Gasteiger partial charge in [-0.1, -0.05) is 17.4 Å². The SMILES string of the molecule is C=CCNc1nc2c(s1)c(=O)[nH]c1c2sc2nc(C)cc(C)c21. The van der Waals surface area contributed by atoms with Gasteiger partial charge in [0.05, 0.1) is 10.2 Å². The zero-order valence-corrected chi connectivity index (χ0v) is 14.3. The number of thiazole rings is 1. The van der Waals surface area contributed by atoms with E-state index in [9.17, 15) is 4.79 Å². The molecule has 0 fully saturated rings. The van der Waals surface area contributed by atoms with E-state index in [1.54, 1.807) is 17.4 Å². The maximum Gasteiger partial charge on any atom is 0.268 e. The highest BCUT2D eigenvalue weighted by Gasteiger charge is 2.17. The number of nitrogens with zero attached hydrogens (tertiary/aromatic N) is 2. The number of H-pyrrole nitrogens is 1. The first-order valence-corrected chi connectivity index (χ1v) is 8.80. The van der Waals surface area contributed by atoms with E-state index < -0.39 is 0 Å². The second-order valence-electron chi connectivity index (χ2n) is 5.39. The van der Waals surface area contributed by atoms with Gasteiger partial charge in [-0.15, -0.1) is 17.9 Å². The number of aromatic nitrogens is 3. The number of aryl methyl sites for hydroxylation is 2. The number of aromatic amines is 1. The summed E-state index contributed by atoms with van der Waals surface area (Å²) in [6, 6.07) is 2.04. The van der Waals surface area contributed by atoms with E-state index in [1.165, 1.54) is 11.3 Å². The quantitative estimate of drug-likeness (QED) is 0.553. The normalized spacial score (nSPS) is 11.6. The van der Waals surface area contributed by atoms with Crippen LogP contribution in [0.5, 0.6) is 0 Å². The lowest BCUT2D eigenvalue weighted by Crippen LogP contribution is -2.03. The molecule has 0 saturated carbocycles. The Kier molecular flexibility index (Phi) is 3.21. The molecule has 5 nitrogen and oxygen atoms in total. The van der Waals surface area contributed by atoms with E-state index in [1.807, 2.05) is 19.9 Å². The Morgan fingerprint density at radius 1 is 1.30 bits per heavy atom. The molecule has 116 valence electrons. The van der Waals surface area contributed by atoms with Gasteiger partial charge < -0.3 is 10.3 Å². The van der Waals surface area contributed by atoms with E-state index in [0.717, 1.165) is 42.3 Å². The summed E-state index contributed by atoms with van der Waals surface area (Å²) >= 11 is 2.95. The average Bonchev–Trinajstić information content (AvgIpc) is 3.06.